The zero-order valence-electron chi connectivity index (χ0n) is 16.9. The fourth-order valence-electron chi connectivity index (χ4n) is 2.74. The monoisotopic (exact) mass is 415 g/mol. The molecular formula is C25H21NO5. The topological polar surface area (TPSA) is 85.7 Å². The van der Waals surface area contributed by atoms with Crippen LogP contribution in [0.15, 0.2) is 79.1 Å². The van der Waals surface area contributed by atoms with Crippen molar-refractivity contribution in [2.24, 2.45) is 0 Å². The second kappa shape index (κ2) is 10.5. The first-order valence-corrected chi connectivity index (χ1v) is 9.63. The summed E-state index contributed by atoms with van der Waals surface area (Å²) in [6.45, 7) is 2.09. The Morgan fingerprint density at radius 1 is 0.968 bits per heavy atom. The summed E-state index contributed by atoms with van der Waals surface area (Å²) in [7, 11) is 0. The molecule has 2 aromatic carbocycles. The van der Waals surface area contributed by atoms with E-state index < -0.39 is 5.97 Å². The first-order valence-electron chi connectivity index (χ1n) is 9.63. The summed E-state index contributed by atoms with van der Waals surface area (Å²) < 4.78 is 10.7. The van der Waals surface area contributed by atoms with Gasteiger partial charge in [0.05, 0.1) is 12.2 Å². The van der Waals surface area contributed by atoms with Gasteiger partial charge in [-0.1, -0.05) is 30.3 Å². The van der Waals surface area contributed by atoms with Crippen molar-refractivity contribution >= 4 is 29.7 Å². The minimum atomic E-state index is -1.02. The summed E-state index contributed by atoms with van der Waals surface area (Å²) in [6, 6.07) is 17.6. The number of rotatable bonds is 8. The van der Waals surface area contributed by atoms with Crippen LogP contribution in [0.1, 0.15) is 23.6 Å². The van der Waals surface area contributed by atoms with Crippen molar-refractivity contribution in [2.75, 3.05) is 6.61 Å². The molecule has 6 heteroatoms. The molecule has 0 aliphatic heterocycles. The fraction of sp³-hybridized carbons (Fsp3) is 0.0800. The highest BCUT2D eigenvalue weighted by atomic mass is 16.5. The SMILES string of the molecule is CCOC(=O)C=Cc1ccc(Oc2ccc(C(=Cc3cccnc3)C(=O)O)cc2)cc1. The number of esters is 1. The third kappa shape index (κ3) is 6.40. The molecule has 156 valence electrons. The highest BCUT2D eigenvalue weighted by molar-refractivity contribution is 6.20. The van der Waals surface area contributed by atoms with E-state index in [-0.39, 0.29) is 11.5 Å². The van der Waals surface area contributed by atoms with Gasteiger partial charge in [-0.05, 0) is 66.1 Å². The molecule has 31 heavy (non-hydrogen) atoms. The summed E-state index contributed by atoms with van der Waals surface area (Å²) in [5.74, 6) is -0.222. The number of benzene rings is 2. The van der Waals surface area contributed by atoms with Gasteiger partial charge in [0.15, 0.2) is 0 Å². The number of aliphatic carboxylic acids is 1. The Kier molecular flexibility index (Phi) is 7.32. The highest BCUT2D eigenvalue weighted by Gasteiger charge is 2.11. The Morgan fingerprint density at radius 3 is 2.23 bits per heavy atom. The van der Waals surface area contributed by atoms with Gasteiger partial charge in [0.1, 0.15) is 11.5 Å². The van der Waals surface area contributed by atoms with Crippen LogP contribution in [0.25, 0.3) is 17.7 Å². The number of nitrogens with zero attached hydrogens (tertiary/aromatic N) is 1. The molecule has 0 saturated carbocycles. The van der Waals surface area contributed by atoms with Crippen molar-refractivity contribution < 1.29 is 24.2 Å². The van der Waals surface area contributed by atoms with Crippen molar-refractivity contribution in [3.63, 3.8) is 0 Å². The van der Waals surface area contributed by atoms with E-state index in [1.165, 1.54) is 6.08 Å². The number of hydrogen-bond acceptors (Lipinski definition) is 5. The molecule has 0 saturated heterocycles. The first kappa shape index (κ1) is 21.5. The number of carbonyl (C=O) groups is 2. The van der Waals surface area contributed by atoms with Crippen molar-refractivity contribution in [3.8, 4) is 11.5 Å². The van der Waals surface area contributed by atoms with Crippen molar-refractivity contribution in [3.05, 3.63) is 95.8 Å². The summed E-state index contributed by atoms with van der Waals surface area (Å²) in [6.07, 6.45) is 7.85. The third-order valence-electron chi connectivity index (χ3n) is 4.21. The van der Waals surface area contributed by atoms with Crippen LogP contribution < -0.4 is 4.74 Å². The molecule has 0 amide bonds. The molecule has 0 bridgehead atoms. The lowest BCUT2D eigenvalue weighted by Gasteiger charge is -2.08. The Labute approximate surface area is 180 Å². The average molecular weight is 415 g/mol. The van der Waals surface area contributed by atoms with Crippen LogP contribution in [0, 0.1) is 0 Å². The van der Waals surface area contributed by atoms with Gasteiger partial charge in [-0.3, -0.25) is 4.98 Å². The summed E-state index contributed by atoms with van der Waals surface area (Å²) >= 11 is 0. The molecule has 0 fully saturated rings. The van der Waals surface area contributed by atoms with Gasteiger partial charge >= 0.3 is 11.9 Å². The van der Waals surface area contributed by atoms with E-state index in [2.05, 4.69) is 4.98 Å². The molecular weight excluding hydrogens is 394 g/mol. The van der Waals surface area contributed by atoms with E-state index in [4.69, 9.17) is 9.47 Å². The molecule has 6 nitrogen and oxygen atoms in total. The molecule has 0 aliphatic rings. The third-order valence-corrected chi connectivity index (χ3v) is 4.21. The molecule has 0 atom stereocenters. The van der Waals surface area contributed by atoms with Gasteiger partial charge in [-0.15, -0.1) is 0 Å². The molecule has 3 rings (SSSR count). The lowest BCUT2D eigenvalue weighted by Crippen LogP contribution is -1.99. The lowest BCUT2D eigenvalue weighted by molar-refractivity contribution is -0.137. The smallest absolute Gasteiger partial charge is 0.336 e. The second-order valence-corrected chi connectivity index (χ2v) is 6.43. The van der Waals surface area contributed by atoms with E-state index in [9.17, 15) is 14.7 Å². The minimum absolute atomic E-state index is 0.164. The fourth-order valence-corrected chi connectivity index (χ4v) is 2.74. The largest absolute Gasteiger partial charge is 0.478 e. The molecule has 0 radical (unpaired) electrons. The van der Waals surface area contributed by atoms with Crippen LogP contribution >= 0.6 is 0 Å². The number of hydrogen-bond donors (Lipinski definition) is 1. The molecule has 1 aromatic heterocycles. The molecule has 0 spiro atoms. The van der Waals surface area contributed by atoms with Gasteiger partial charge in [0, 0.05) is 18.5 Å². The van der Waals surface area contributed by atoms with Crippen LogP contribution in [-0.4, -0.2) is 28.6 Å². The maximum atomic E-state index is 11.7. The number of aromatic nitrogens is 1. The van der Waals surface area contributed by atoms with Gasteiger partial charge in [-0.2, -0.15) is 0 Å². The van der Waals surface area contributed by atoms with Crippen LogP contribution in [0.5, 0.6) is 11.5 Å². The number of carboxylic acid groups (broad SMARTS) is 1. The van der Waals surface area contributed by atoms with E-state index >= 15 is 0 Å². The van der Waals surface area contributed by atoms with Crippen molar-refractivity contribution in [2.45, 2.75) is 6.92 Å². The Hall–Kier alpha value is -4.19. The standard InChI is InChI=1S/C25H21NO5/c1-2-30-24(27)14-7-18-5-10-21(11-6-18)31-22-12-8-20(9-13-22)23(25(28)29)16-19-4-3-15-26-17-19/h3-17H,2H2,1H3,(H,28,29). The minimum Gasteiger partial charge on any atom is -0.478 e. The summed E-state index contributed by atoms with van der Waals surface area (Å²) in [5, 5.41) is 9.57. The lowest BCUT2D eigenvalue weighted by atomic mass is 10.0. The first-order chi connectivity index (χ1) is 15.0. The van der Waals surface area contributed by atoms with Gasteiger partial charge in [0.25, 0.3) is 0 Å². The Bertz CT molecular complexity index is 1090. The number of carboxylic acids is 1. The summed E-state index contributed by atoms with van der Waals surface area (Å²) in [5.41, 5.74) is 2.26. The summed E-state index contributed by atoms with van der Waals surface area (Å²) in [4.78, 5) is 27.1. The Morgan fingerprint density at radius 2 is 1.65 bits per heavy atom. The zero-order valence-corrected chi connectivity index (χ0v) is 16.9. The average Bonchev–Trinajstić information content (AvgIpc) is 2.78. The molecule has 1 N–H and O–H groups in total. The Balaban J connectivity index is 1.69. The molecule has 1 heterocycles. The number of carbonyl (C=O) groups excluding carboxylic acids is 1. The van der Waals surface area contributed by atoms with Crippen LogP contribution in [0.2, 0.25) is 0 Å². The van der Waals surface area contributed by atoms with E-state index in [0.29, 0.717) is 29.2 Å². The predicted octanol–water partition coefficient (Wildman–Crippen LogP) is 5.08. The zero-order chi connectivity index (χ0) is 22.1. The van der Waals surface area contributed by atoms with Gasteiger partial charge in [0.2, 0.25) is 0 Å². The van der Waals surface area contributed by atoms with Gasteiger partial charge in [-0.25, -0.2) is 9.59 Å². The van der Waals surface area contributed by atoms with E-state index in [1.807, 2.05) is 12.1 Å². The van der Waals surface area contributed by atoms with Crippen molar-refractivity contribution in [1.82, 2.24) is 4.98 Å². The maximum absolute atomic E-state index is 11.7. The van der Waals surface area contributed by atoms with E-state index in [1.54, 1.807) is 80.0 Å². The molecule has 0 aliphatic carbocycles. The maximum Gasteiger partial charge on any atom is 0.336 e. The normalized spacial score (nSPS) is 11.3. The van der Waals surface area contributed by atoms with Crippen LogP contribution in [0.3, 0.4) is 0 Å². The highest BCUT2D eigenvalue weighted by Crippen LogP contribution is 2.25. The second-order valence-electron chi connectivity index (χ2n) is 6.43. The van der Waals surface area contributed by atoms with Crippen LogP contribution in [-0.2, 0) is 14.3 Å². The predicted molar refractivity (Wildman–Crippen MR) is 118 cm³/mol. The molecule has 0 unspecified atom stereocenters. The van der Waals surface area contributed by atoms with Crippen LogP contribution in [0.4, 0.5) is 0 Å². The number of pyridine rings is 1. The van der Waals surface area contributed by atoms with Gasteiger partial charge < -0.3 is 14.6 Å². The molecule has 3 aromatic rings. The van der Waals surface area contributed by atoms with Crippen molar-refractivity contribution in [1.29, 1.82) is 0 Å². The number of ether oxygens (including phenoxy) is 2. The quantitative estimate of drug-likeness (QED) is 0.408. The van der Waals surface area contributed by atoms with E-state index in [0.717, 1.165) is 5.56 Å².